The molecule has 1 amide bonds. The number of carbonyl (C=O) groups is 1. The summed E-state index contributed by atoms with van der Waals surface area (Å²) in [6.07, 6.45) is 0.0266. The van der Waals surface area contributed by atoms with E-state index in [1.165, 1.54) is 0 Å². The van der Waals surface area contributed by atoms with E-state index in [0.717, 1.165) is 41.9 Å². The molecule has 156 valence electrons. The average Bonchev–Trinajstić information content (AvgIpc) is 3.14. The third-order valence-corrected chi connectivity index (χ3v) is 5.27. The number of fused-ring (bicyclic) bond motifs is 1. The van der Waals surface area contributed by atoms with Crippen LogP contribution in [0.3, 0.4) is 0 Å². The summed E-state index contributed by atoms with van der Waals surface area (Å²) in [4.78, 5) is 14.7. The highest BCUT2D eigenvalue weighted by Crippen LogP contribution is 2.27. The van der Waals surface area contributed by atoms with E-state index in [9.17, 15) is 4.79 Å². The van der Waals surface area contributed by atoms with Crippen molar-refractivity contribution < 1.29 is 14.3 Å². The third-order valence-electron chi connectivity index (χ3n) is 5.27. The van der Waals surface area contributed by atoms with Crippen LogP contribution in [0, 0.1) is 11.8 Å². The van der Waals surface area contributed by atoms with Gasteiger partial charge in [0.15, 0.2) is 0 Å². The van der Waals surface area contributed by atoms with Crippen molar-refractivity contribution in [3.63, 3.8) is 0 Å². The molecule has 6 nitrogen and oxygen atoms in total. The molecule has 0 bridgehead atoms. The molecule has 0 saturated carbocycles. The number of amides is 1. The average molecular weight is 405 g/mol. The number of ether oxygens (including phenoxy) is 2. The van der Waals surface area contributed by atoms with Crippen molar-refractivity contribution in [1.29, 1.82) is 0 Å². The number of rotatable bonds is 7. The standard InChI is InChI=1S/C24H27N3O3/c28-24-21-10-4-8-20(22(21)17-27(24)23-16-25-11-12-26-23)9-5-13-29-14-15-30-18-19-6-2-1-3-7-19/h1-4,6-8,10,23,25-26H,11-18H2. The van der Waals surface area contributed by atoms with E-state index in [4.69, 9.17) is 9.47 Å². The maximum absolute atomic E-state index is 12.8. The molecule has 1 fully saturated rings. The molecule has 2 aromatic rings. The van der Waals surface area contributed by atoms with Gasteiger partial charge in [-0.15, -0.1) is 0 Å². The lowest BCUT2D eigenvalue weighted by atomic mass is 10.0. The van der Waals surface area contributed by atoms with Gasteiger partial charge in [-0.1, -0.05) is 48.2 Å². The maximum Gasteiger partial charge on any atom is 0.255 e. The van der Waals surface area contributed by atoms with Crippen LogP contribution in [0.1, 0.15) is 27.0 Å². The van der Waals surface area contributed by atoms with E-state index >= 15 is 0 Å². The number of nitrogens with zero attached hydrogens (tertiary/aromatic N) is 1. The number of piperazine rings is 1. The van der Waals surface area contributed by atoms with Gasteiger partial charge in [0.25, 0.3) is 5.91 Å². The summed E-state index contributed by atoms with van der Waals surface area (Å²) >= 11 is 0. The van der Waals surface area contributed by atoms with Crippen LogP contribution in [0.4, 0.5) is 0 Å². The van der Waals surface area contributed by atoms with Crippen LogP contribution >= 0.6 is 0 Å². The lowest BCUT2D eigenvalue weighted by Gasteiger charge is -2.32. The first-order valence-corrected chi connectivity index (χ1v) is 10.4. The van der Waals surface area contributed by atoms with E-state index < -0.39 is 0 Å². The molecule has 1 saturated heterocycles. The molecular weight excluding hydrogens is 378 g/mol. The Morgan fingerprint density at radius 3 is 2.73 bits per heavy atom. The fraction of sp³-hybridized carbons (Fsp3) is 0.375. The van der Waals surface area contributed by atoms with Crippen molar-refractivity contribution in [2.75, 3.05) is 39.5 Å². The minimum atomic E-state index is 0.0266. The Balaban J connectivity index is 1.25. The number of nitrogens with one attached hydrogen (secondary N) is 2. The normalized spacial score (nSPS) is 18.1. The number of hydrogen-bond donors (Lipinski definition) is 2. The number of carbonyl (C=O) groups excluding carboxylic acids is 1. The van der Waals surface area contributed by atoms with E-state index in [0.29, 0.717) is 33.0 Å². The second-order valence-electron chi connectivity index (χ2n) is 7.33. The van der Waals surface area contributed by atoms with Gasteiger partial charge in [0.05, 0.1) is 26.0 Å². The summed E-state index contributed by atoms with van der Waals surface area (Å²) in [7, 11) is 0. The van der Waals surface area contributed by atoms with Crippen LogP contribution in [0.25, 0.3) is 0 Å². The molecule has 0 aliphatic carbocycles. The maximum atomic E-state index is 12.8. The molecule has 0 spiro atoms. The van der Waals surface area contributed by atoms with Crippen molar-refractivity contribution in [1.82, 2.24) is 15.5 Å². The van der Waals surface area contributed by atoms with Crippen molar-refractivity contribution in [2.24, 2.45) is 0 Å². The Labute approximate surface area is 177 Å². The van der Waals surface area contributed by atoms with Crippen LogP contribution in [0.2, 0.25) is 0 Å². The zero-order chi connectivity index (χ0) is 20.6. The molecule has 6 heteroatoms. The molecule has 30 heavy (non-hydrogen) atoms. The second kappa shape index (κ2) is 10.4. The predicted octanol–water partition coefficient (Wildman–Crippen LogP) is 1.75. The molecular formula is C24H27N3O3. The first-order chi connectivity index (χ1) is 14.8. The summed E-state index contributed by atoms with van der Waals surface area (Å²) < 4.78 is 11.2. The van der Waals surface area contributed by atoms with E-state index in [1.54, 1.807) is 0 Å². The quantitative estimate of drug-likeness (QED) is 0.543. The molecule has 2 aromatic carbocycles. The van der Waals surface area contributed by atoms with Crippen LogP contribution in [-0.2, 0) is 22.6 Å². The first kappa shape index (κ1) is 20.6. The fourth-order valence-electron chi connectivity index (χ4n) is 3.72. The third kappa shape index (κ3) is 5.07. The van der Waals surface area contributed by atoms with Gasteiger partial charge >= 0.3 is 0 Å². The molecule has 2 N–H and O–H groups in total. The Kier molecular flexibility index (Phi) is 7.11. The smallest absolute Gasteiger partial charge is 0.255 e. The van der Waals surface area contributed by atoms with Gasteiger partial charge in [0, 0.05) is 37.3 Å². The Hall–Kier alpha value is -2.69. The van der Waals surface area contributed by atoms with Crippen molar-refractivity contribution in [3.8, 4) is 11.8 Å². The Morgan fingerprint density at radius 2 is 1.90 bits per heavy atom. The lowest BCUT2D eigenvalue weighted by molar-refractivity contribution is 0.0520. The van der Waals surface area contributed by atoms with Gasteiger partial charge in [-0.3, -0.25) is 10.1 Å². The summed E-state index contributed by atoms with van der Waals surface area (Å²) in [5.41, 5.74) is 3.81. The van der Waals surface area contributed by atoms with Crippen LogP contribution in [0.5, 0.6) is 0 Å². The largest absolute Gasteiger partial charge is 0.374 e. The zero-order valence-electron chi connectivity index (χ0n) is 17.0. The Bertz CT molecular complexity index is 914. The SMILES string of the molecule is O=C1c2cccc(C#CCOCCOCc3ccccc3)c2CN1C1CNCCN1. The highest BCUT2D eigenvalue weighted by Gasteiger charge is 2.34. The summed E-state index contributed by atoms with van der Waals surface area (Å²) in [5.74, 6) is 6.31. The zero-order valence-corrected chi connectivity index (χ0v) is 17.0. The highest BCUT2D eigenvalue weighted by atomic mass is 16.5. The first-order valence-electron chi connectivity index (χ1n) is 10.4. The van der Waals surface area contributed by atoms with Gasteiger partial charge in [-0.25, -0.2) is 0 Å². The number of benzene rings is 2. The Morgan fingerprint density at radius 1 is 1.03 bits per heavy atom. The highest BCUT2D eigenvalue weighted by molar-refractivity contribution is 5.99. The molecule has 1 atom stereocenters. The molecule has 0 radical (unpaired) electrons. The second-order valence-corrected chi connectivity index (χ2v) is 7.33. The topological polar surface area (TPSA) is 62.8 Å². The van der Waals surface area contributed by atoms with Gasteiger partial charge < -0.3 is 19.7 Å². The van der Waals surface area contributed by atoms with Crippen LogP contribution in [-0.4, -0.2) is 56.4 Å². The summed E-state index contributed by atoms with van der Waals surface area (Å²) in [6, 6.07) is 15.8. The van der Waals surface area contributed by atoms with E-state index in [1.807, 2.05) is 53.4 Å². The van der Waals surface area contributed by atoms with Gasteiger partial charge in [-0.05, 0) is 23.3 Å². The molecule has 4 rings (SSSR count). The molecule has 1 unspecified atom stereocenters. The molecule has 0 aromatic heterocycles. The van der Waals surface area contributed by atoms with Gasteiger partial charge in [0.2, 0.25) is 0 Å². The monoisotopic (exact) mass is 405 g/mol. The van der Waals surface area contributed by atoms with Gasteiger partial charge in [-0.2, -0.15) is 0 Å². The molecule has 2 aliphatic rings. The van der Waals surface area contributed by atoms with Crippen LogP contribution < -0.4 is 10.6 Å². The minimum Gasteiger partial charge on any atom is -0.374 e. The minimum absolute atomic E-state index is 0.0266. The molecule has 2 heterocycles. The van der Waals surface area contributed by atoms with Crippen molar-refractivity contribution in [2.45, 2.75) is 19.3 Å². The van der Waals surface area contributed by atoms with Crippen molar-refractivity contribution in [3.05, 3.63) is 70.8 Å². The fourth-order valence-corrected chi connectivity index (χ4v) is 3.72. The predicted molar refractivity (Wildman–Crippen MR) is 115 cm³/mol. The van der Waals surface area contributed by atoms with Crippen molar-refractivity contribution >= 4 is 5.91 Å². The van der Waals surface area contributed by atoms with Gasteiger partial charge in [0.1, 0.15) is 6.61 Å². The van der Waals surface area contributed by atoms with E-state index in [-0.39, 0.29) is 12.1 Å². The summed E-state index contributed by atoms with van der Waals surface area (Å²) in [5, 5.41) is 6.74. The molecule has 2 aliphatic heterocycles. The number of hydrogen-bond acceptors (Lipinski definition) is 5. The lowest BCUT2D eigenvalue weighted by Crippen LogP contribution is -2.57. The van der Waals surface area contributed by atoms with E-state index in [2.05, 4.69) is 22.5 Å². The van der Waals surface area contributed by atoms with Crippen LogP contribution in [0.15, 0.2) is 48.5 Å². The summed E-state index contributed by atoms with van der Waals surface area (Å²) in [6.45, 7) is 5.10.